The fourth-order valence-electron chi connectivity index (χ4n) is 1.07. The van der Waals surface area contributed by atoms with Gasteiger partial charge in [-0.15, -0.1) is 0 Å². The molecule has 0 bridgehead atoms. The van der Waals surface area contributed by atoms with Crippen LogP contribution >= 0.6 is 15.9 Å². The molecular weight excluding hydrogens is 235 g/mol. The number of Topliss-reactive ketones (excluding diaryl/α,β-unsaturated/α-hetero) is 1. The molecule has 0 amide bonds. The first kappa shape index (κ1) is 10.4. The molecule has 70 valence electrons. The predicted octanol–water partition coefficient (Wildman–Crippen LogP) is 3.57. The Morgan fingerprint density at radius 3 is 2.85 bits per heavy atom. The lowest BCUT2D eigenvalue weighted by molar-refractivity contribution is 0.0980. The van der Waals surface area contributed by atoms with Crippen LogP contribution in [0.2, 0.25) is 0 Å². The van der Waals surface area contributed by atoms with Crippen LogP contribution in [0, 0.1) is 5.82 Å². The maximum Gasteiger partial charge on any atom is 0.164 e. The molecular formula is C10H10BrFO. The van der Waals surface area contributed by atoms with Crippen LogP contribution in [0.1, 0.15) is 30.1 Å². The van der Waals surface area contributed by atoms with Gasteiger partial charge in [-0.2, -0.15) is 0 Å². The predicted molar refractivity (Wildman–Crippen MR) is 53.3 cm³/mol. The molecule has 0 aliphatic carbocycles. The largest absolute Gasteiger partial charge is 0.294 e. The first-order chi connectivity index (χ1) is 6.15. The van der Waals surface area contributed by atoms with Crippen molar-refractivity contribution in [3.63, 3.8) is 0 Å². The molecule has 3 heteroatoms. The first-order valence-electron chi connectivity index (χ1n) is 4.13. The zero-order valence-electron chi connectivity index (χ0n) is 7.31. The van der Waals surface area contributed by atoms with Crippen LogP contribution in [-0.2, 0) is 0 Å². The van der Waals surface area contributed by atoms with Gasteiger partial charge in [-0.05, 0) is 24.6 Å². The summed E-state index contributed by atoms with van der Waals surface area (Å²) >= 11 is 3.21. The lowest BCUT2D eigenvalue weighted by Crippen LogP contribution is -1.99. The van der Waals surface area contributed by atoms with Gasteiger partial charge in [-0.3, -0.25) is 4.79 Å². The molecule has 0 N–H and O–H groups in total. The Morgan fingerprint density at radius 1 is 1.54 bits per heavy atom. The minimum Gasteiger partial charge on any atom is -0.294 e. The molecule has 0 spiro atoms. The second kappa shape index (κ2) is 4.51. The van der Waals surface area contributed by atoms with E-state index in [-0.39, 0.29) is 11.6 Å². The van der Waals surface area contributed by atoms with Crippen LogP contribution in [0.4, 0.5) is 4.39 Å². The van der Waals surface area contributed by atoms with E-state index in [4.69, 9.17) is 0 Å². The summed E-state index contributed by atoms with van der Waals surface area (Å²) in [4.78, 5) is 11.4. The molecule has 0 saturated carbocycles. The van der Waals surface area contributed by atoms with E-state index >= 15 is 0 Å². The Kier molecular flexibility index (Phi) is 3.60. The normalized spacial score (nSPS) is 10.1. The smallest absolute Gasteiger partial charge is 0.164 e. The van der Waals surface area contributed by atoms with Gasteiger partial charge in [0.15, 0.2) is 5.78 Å². The van der Waals surface area contributed by atoms with Crippen molar-refractivity contribution in [1.29, 1.82) is 0 Å². The summed E-state index contributed by atoms with van der Waals surface area (Å²) in [6.45, 7) is 1.92. The molecule has 0 aromatic heterocycles. The summed E-state index contributed by atoms with van der Waals surface area (Å²) in [5, 5.41) is 0. The van der Waals surface area contributed by atoms with E-state index in [0.717, 1.165) is 6.42 Å². The molecule has 0 fully saturated rings. The van der Waals surface area contributed by atoms with Crippen LogP contribution in [0.3, 0.4) is 0 Å². The van der Waals surface area contributed by atoms with Crippen LogP contribution in [0.5, 0.6) is 0 Å². The Morgan fingerprint density at radius 2 is 2.23 bits per heavy atom. The molecule has 0 radical (unpaired) electrons. The third-order valence-corrected chi connectivity index (χ3v) is 2.40. The quantitative estimate of drug-likeness (QED) is 0.744. The fourth-order valence-corrected chi connectivity index (χ4v) is 1.54. The van der Waals surface area contributed by atoms with Crippen molar-refractivity contribution in [2.24, 2.45) is 0 Å². The van der Waals surface area contributed by atoms with Gasteiger partial charge in [0.2, 0.25) is 0 Å². The van der Waals surface area contributed by atoms with Gasteiger partial charge >= 0.3 is 0 Å². The van der Waals surface area contributed by atoms with Crippen molar-refractivity contribution in [2.45, 2.75) is 19.8 Å². The highest BCUT2D eigenvalue weighted by atomic mass is 79.9. The third kappa shape index (κ3) is 2.62. The lowest BCUT2D eigenvalue weighted by Gasteiger charge is -2.01. The Balaban J connectivity index is 2.99. The summed E-state index contributed by atoms with van der Waals surface area (Å²) in [5.41, 5.74) is 0.432. The van der Waals surface area contributed by atoms with Crippen molar-refractivity contribution in [3.05, 3.63) is 34.1 Å². The third-order valence-electron chi connectivity index (χ3n) is 1.71. The second-order valence-electron chi connectivity index (χ2n) is 2.80. The van der Waals surface area contributed by atoms with Gasteiger partial charge in [0.25, 0.3) is 0 Å². The molecule has 1 rings (SSSR count). The van der Waals surface area contributed by atoms with Gasteiger partial charge in [0.05, 0.1) is 0 Å². The second-order valence-corrected chi connectivity index (χ2v) is 3.65. The van der Waals surface area contributed by atoms with E-state index in [9.17, 15) is 9.18 Å². The molecule has 0 atom stereocenters. The molecule has 0 saturated heterocycles. The Bertz CT molecular complexity index is 323. The number of halogens is 2. The number of benzene rings is 1. The van der Waals surface area contributed by atoms with Gasteiger partial charge in [-0.1, -0.05) is 22.9 Å². The standard InChI is InChI=1S/C10H10BrFO/c1-2-3-10(13)8-6-7(12)4-5-9(8)11/h4-6H,2-3H2,1H3. The van der Waals surface area contributed by atoms with Gasteiger partial charge in [0.1, 0.15) is 5.82 Å². The van der Waals surface area contributed by atoms with E-state index in [1.807, 2.05) is 6.92 Å². The number of carbonyl (C=O) groups excluding carboxylic acids is 1. The van der Waals surface area contributed by atoms with Crippen LogP contribution < -0.4 is 0 Å². The van der Waals surface area contributed by atoms with Crippen molar-refractivity contribution in [1.82, 2.24) is 0 Å². The van der Waals surface area contributed by atoms with Gasteiger partial charge in [-0.25, -0.2) is 4.39 Å². The Hall–Kier alpha value is -0.700. The summed E-state index contributed by atoms with van der Waals surface area (Å²) in [6.07, 6.45) is 1.24. The molecule has 0 heterocycles. The van der Waals surface area contributed by atoms with Crippen LogP contribution in [0.25, 0.3) is 0 Å². The molecule has 0 unspecified atom stereocenters. The summed E-state index contributed by atoms with van der Waals surface area (Å²) in [5.74, 6) is -0.392. The monoisotopic (exact) mass is 244 g/mol. The highest BCUT2D eigenvalue weighted by molar-refractivity contribution is 9.10. The van der Waals surface area contributed by atoms with Gasteiger partial charge in [0, 0.05) is 16.5 Å². The number of ketones is 1. The van der Waals surface area contributed by atoms with E-state index in [1.165, 1.54) is 12.1 Å². The average Bonchev–Trinajstić information content (AvgIpc) is 2.09. The topological polar surface area (TPSA) is 17.1 Å². The summed E-state index contributed by atoms with van der Waals surface area (Å²) < 4.78 is 13.4. The molecule has 13 heavy (non-hydrogen) atoms. The SMILES string of the molecule is CCCC(=O)c1cc(F)ccc1Br. The highest BCUT2D eigenvalue weighted by Gasteiger charge is 2.09. The number of hydrogen-bond acceptors (Lipinski definition) is 1. The summed E-state index contributed by atoms with van der Waals surface area (Å²) in [6, 6.07) is 4.15. The Labute approximate surface area is 85.1 Å². The minimum atomic E-state index is -0.373. The van der Waals surface area contributed by atoms with E-state index in [0.29, 0.717) is 16.5 Å². The zero-order chi connectivity index (χ0) is 9.84. The minimum absolute atomic E-state index is 0.0196. The van der Waals surface area contributed by atoms with E-state index in [1.54, 1.807) is 6.07 Å². The molecule has 1 aromatic rings. The summed E-state index contributed by atoms with van der Waals surface area (Å²) in [7, 11) is 0. The van der Waals surface area contributed by atoms with Crippen molar-refractivity contribution in [2.75, 3.05) is 0 Å². The van der Waals surface area contributed by atoms with Crippen LogP contribution in [0.15, 0.2) is 22.7 Å². The fraction of sp³-hybridized carbons (Fsp3) is 0.300. The van der Waals surface area contributed by atoms with Crippen LogP contribution in [-0.4, -0.2) is 5.78 Å². The highest BCUT2D eigenvalue weighted by Crippen LogP contribution is 2.19. The maximum atomic E-state index is 12.8. The van der Waals surface area contributed by atoms with E-state index in [2.05, 4.69) is 15.9 Å². The zero-order valence-corrected chi connectivity index (χ0v) is 8.90. The molecule has 1 nitrogen and oxygen atoms in total. The lowest BCUT2D eigenvalue weighted by atomic mass is 10.1. The first-order valence-corrected chi connectivity index (χ1v) is 4.92. The molecule has 0 aliphatic rings. The van der Waals surface area contributed by atoms with E-state index < -0.39 is 0 Å². The maximum absolute atomic E-state index is 12.8. The van der Waals surface area contributed by atoms with Gasteiger partial charge < -0.3 is 0 Å². The molecule has 1 aromatic carbocycles. The van der Waals surface area contributed by atoms with Crippen molar-refractivity contribution < 1.29 is 9.18 Å². The number of rotatable bonds is 3. The number of carbonyl (C=O) groups is 1. The average molecular weight is 245 g/mol. The van der Waals surface area contributed by atoms with Crippen molar-refractivity contribution in [3.8, 4) is 0 Å². The number of hydrogen-bond donors (Lipinski definition) is 0. The van der Waals surface area contributed by atoms with Crippen molar-refractivity contribution >= 4 is 21.7 Å². The molecule has 0 aliphatic heterocycles.